The second kappa shape index (κ2) is 32.5. The molecule has 0 aromatic carbocycles. The van der Waals surface area contributed by atoms with Crippen LogP contribution in [-0.2, 0) is 23.9 Å². The van der Waals surface area contributed by atoms with Crippen molar-refractivity contribution >= 4 is 23.8 Å². The zero-order valence-electron chi connectivity index (χ0n) is 29.3. The summed E-state index contributed by atoms with van der Waals surface area (Å²) in [5.74, 6) is -2.39. The standard InChI is InChI=1S/C37H68N2O7/c1-3-5-7-9-10-11-12-13-14-15-16-17-18-19-20-25-29-36(43)46-32(26-22-8-6-4-2)27-23-21-24-28-34(41)38-30-35(42)39-33(31-40)37(44)45/h14-15,32-33,40H,3-13,16-31H2,1-2H3,(H,38,41)(H,39,42)(H,44,45)/b15-14-. The molecule has 4 N–H and O–H groups in total. The number of hydrogen-bond donors (Lipinski definition) is 4. The monoisotopic (exact) mass is 653 g/mol. The van der Waals surface area contributed by atoms with Crippen molar-refractivity contribution in [3.8, 4) is 0 Å². The van der Waals surface area contributed by atoms with Crippen LogP contribution in [0.1, 0.15) is 174 Å². The first kappa shape index (κ1) is 43.6. The maximum Gasteiger partial charge on any atom is 0.328 e. The Labute approximate surface area is 280 Å². The predicted molar refractivity (Wildman–Crippen MR) is 185 cm³/mol. The molecule has 9 nitrogen and oxygen atoms in total. The average Bonchev–Trinajstić information content (AvgIpc) is 3.03. The number of carbonyl (C=O) groups is 4. The number of carboxylic acid groups (broad SMARTS) is 1. The summed E-state index contributed by atoms with van der Waals surface area (Å²) in [6, 6.07) is -1.39. The third-order valence-corrected chi connectivity index (χ3v) is 8.26. The number of aliphatic hydroxyl groups excluding tert-OH is 1. The van der Waals surface area contributed by atoms with Crippen LogP contribution in [0, 0.1) is 0 Å². The summed E-state index contributed by atoms with van der Waals surface area (Å²) in [5.41, 5.74) is 0. The summed E-state index contributed by atoms with van der Waals surface area (Å²) < 4.78 is 5.87. The van der Waals surface area contributed by atoms with Crippen molar-refractivity contribution in [1.82, 2.24) is 10.6 Å². The number of amides is 2. The van der Waals surface area contributed by atoms with Gasteiger partial charge < -0.3 is 25.6 Å². The van der Waals surface area contributed by atoms with Crippen LogP contribution in [0.3, 0.4) is 0 Å². The molecule has 0 aromatic heterocycles. The summed E-state index contributed by atoms with van der Waals surface area (Å²) >= 11 is 0. The first-order chi connectivity index (χ1) is 22.3. The molecule has 0 aliphatic heterocycles. The van der Waals surface area contributed by atoms with Crippen LogP contribution in [0.4, 0.5) is 0 Å². The molecule has 0 radical (unpaired) electrons. The first-order valence-electron chi connectivity index (χ1n) is 18.6. The van der Waals surface area contributed by atoms with Crippen molar-refractivity contribution in [2.75, 3.05) is 13.2 Å². The maximum atomic E-state index is 12.6. The SMILES string of the molecule is CCCCCCCCC/C=C\CCCCCCCC(=O)OC(CCCCCC)CCCCCC(=O)NCC(=O)NC(CO)C(=O)O. The summed E-state index contributed by atoms with van der Waals surface area (Å²) in [4.78, 5) is 47.2. The van der Waals surface area contributed by atoms with Gasteiger partial charge in [-0.1, -0.05) is 109 Å². The second-order valence-electron chi connectivity index (χ2n) is 12.7. The average molecular weight is 653 g/mol. The second-order valence-corrected chi connectivity index (χ2v) is 12.7. The fourth-order valence-corrected chi connectivity index (χ4v) is 5.36. The van der Waals surface area contributed by atoms with Crippen molar-refractivity contribution in [2.24, 2.45) is 0 Å². The third-order valence-electron chi connectivity index (χ3n) is 8.26. The van der Waals surface area contributed by atoms with Gasteiger partial charge in [0.25, 0.3) is 0 Å². The largest absolute Gasteiger partial charge is 0.480 e. The Morgan fingerprint density at radius 3 is 1.65 bits per heavy atom. The van der Waals surface area contributed by atoms with E-state index in [4.69, 9.17) is 14.9 Å². The summed E-state index contributed by atoms with van der Waals surface area (Å²) in [7, 11) is 0. The number of hydrogen-bond acceptors (Lipinski definition) is 6. The van der Waals surface area contributed by atoms with Gasteiger partial charge in [-0.05, 0) is 64.2 Å². The van der Waals surface area contributed by atoms with E-state index in [0.29, 0.717) is 12.8 Å². The Hall–Kier alpha value is -2.42. The van der Waals surface area contributed by atoms with E-state index in [1.54, 1.807) is 0 Å². The molecule has 2 amide bonds. The van der Waals surface area contributed by atoms with Gasteiger partial charge in [0, 0.05) is 12.8 Å². The molecule has 0 aromatic rings. The molecule has 2 unspecified atom stereocenters. The highest BCUT2D eigenvalue weighted by Gasteiger charge is 2.19. The van der Waals surface area contributed by atoms with E-state index >= 15 is 0 Å². The molecule has 268 valence electrons. The van der Waals surface area contributed by atoms with Crippen LogP contribution in [-0.4, -0.2) is 59.3 Å². The summed E-state index contributed by atoms with van der Waals surface area (Å²) in [6.07, 6.45) is 31.2. The number of unbranched alkanes of at least 4 members (excludes halogenated alkanes) is 17. The van der Waals surface area contributed by atoms with Gasteiger partial charge in [0.05, 0.1) is 13.2 Å². The van der Waals surface area contributed by atoms with Crippen LogP contribution in [0.15, 0.2) is 12.2 Å². The zero-order valence-corrected chi connectivity index (χ0v) is 29.3. The highest BCUT2D eigenvalue weighted by Crippen LogP contribution is 2.17. The van der Waals surface area contributed by atoms with Crippen LogP contribution >= 0.6 is 0 Å². The number of esters is 1. The van der Waals surface area contributed by atoms with Crippen LogP contribution in [0.5, 0.6) is 0 Å². The Morgan fingerprint density at radius 1 is 0.630 bits per heavy atom. The molecule has 46 heavy (non-hydrogen) atoms. The van der Waals surface area contributed by atoms with E-state index in [1.807, 2.05) is 0 Å². The number of carboxylic acids is 1. The molecule has 9 heteroatoms. The Bertz CT molecular complexity index is 803. The molecular weight excluding hydrogens is 584 g/mol. The van der Waals surface area contributed by atoms with Crippen LogP contribution in [0.25, 0.3) is 0 Å². The van der Waals surface area contributed by atoms with Gasteiger partial charge in [0.2, 0.25) is 11.8 Å². The molecule has 0 bridgehead atoms. The number of carbonyl (C=O) groups excluding carboxylic acids is 3. The lowest BCUT2D eigenvalue weighted by molar-refractivity contribution is -0.150. The Balaban J connectivity index is 4.05. The van der Waals surface area contributed by atoms with Gasteiger partial charge in [-0.25, -0.2) is 4.79 Å². The van der Waals surface area contributed by atoms with Gasteiger partial charge in [0.15, 0.2) is 0 Å². The van der Waals surface area contributed by atoms with Crippen molar-refractivity contribution in [1.29, 1.82) is 0 Å². The molecule has 0 saturated heterocycles. The molecule has 0 fully saturated rings. The molecule has 0 aliphatic rings. The first-order valence-corrected chi connectivity index (χ1v) is 18.6. The maximum absolute atomic E-state index is 12.6. The molecule has 0 spiro atoms. The van der Waals surface area contributed by atoms with Crippen molar-refractivity contribution in [3.63, 3.8) is 0 Å². The number of aliphatic hydroxyl groups is 1. The van der Waals surface area contributed by atoms with Gasteiger partial charge in [0.1, 0.15) is 12.1 Å². The fourth-order valence-electron chi connectivity index (χ4n) is 5.36. The highest BCUT2D eigenvalue weighted by molar-refractivity contribution is 5.87. The number of allylic oxidation sites excluding steroid dienone is 2. The van der Waals surface area contributed by atoms with Gasteiger partial charge in [-0.2, -0.15) is 0 Å². The summed E-state index contributed by atoms with van der Waals surface area (Å²) in [6.45, 7) is 3.38. The fraction of sp³-hybridized carbons (Fsp3) is 0.838. The zero-order chi connectivity index (χ0) is 34.1. The highest BCUT2D eigenvalue weighted by atomic mass is 16.5. The van der Waals surface area contributed by atoms with E-state index in [2.05, 4.69) is 36.6 Å². The lowest BCUT2D eigenvalue weighted by atomic mass is 10.0. The van der Waals surface area contributed by atoms with Crippen molar-refractivity contribution in [2.45, 2.75) is 187 Å². The van der Waals surface area contributed by atoms with E-state index in [0.717, 1.165) is 70.6 Å². The molecule has 0 heterocycles. The van der Waals surface area contributed by atoms with Gasteiger partial charge in [-0.3, -0.25) is 14.4 Å². The number of nitrogens with one attached hydrogen (secondary N) is 2. The quantitative estimate of drug-likeness (QED) is 0.0320. The van der Waals surface area contributed by atoms with Gasteiger partial charge in [-0.15, -0.1) is 0 Å². The van der Waals surface area contributed by atoms with E-state index in [1.165, 1.54) is 70.6 Å². The normalized spacial score (nSPS) is 12.6. The number of rotatable bonds is 33. The molecule has 2 atom stereocenters. The van der Waals surface area contributed by atoms with Gasteiger partial charge >= 0.3 is 11.9 Å². The predicted octanol–water partition coefficient (Wildman–Crippen LogP) is 7.92. The van der Waals surface area contributed by atoms with E-state index in [9.17, 15) is 19.2 Å². The van der Waals surface area contributed by atoms with E-state index in [-0.39, 0.29) is 30.9 Å². The smallest absolute Gasteiger partial charge is 0.328 e. The summed E-state index contributed by atoms with van der Waals surface area (Å²) in [5, 5.41) is 22.4. The minimum Gasteiger partial charge on any atom is -0.480 e. The van der Waals surface area contributed by atoms with Crippen LogP contribution in [0.2, 0.25) is 0 Å². The molecule has 0 saturated carbocycles. The minimum absolute atomic E-state index is 0.0802. The Morgan fingerprint density at radius 2 is 1.11 bits per heavy atom. The number of aliphatic carboxylic acids is 1. The van der Waals surface area contributed by atoms with Crippen LogP contribution < -0.4 is 10.6 Å². The lowest BCUT2D eigenvalue weighted by Gasteiger charge is -2.18. The van der Waals surface area contributed by atoms with Crippen molar-refractivity contribution < 1.29 is 34.1 Å². The van der Waals surface area contributed by atoms with E-state index < -0.39 is 24.5 Å². The minimum atomic E-state index is -1.39. The third kappa shape index (κ3) is 29.0. The molecule has 0 rings (SSSR count). The molecular formula is C37H68N2O7. The topological polar surface area (TPSA) is 142 Å². The Kier molecular flexibility index (Phi) is 30.8. The number of ether oxygens (including phenoxy) is 1. The lowest BCUT2D eigenvalue weighted by Crippen LogP contribution is -2.47. The van der Waals surface area contributed by atoms with Crippen molar-refractivity contribution in [3.05, 3.63) is 12.2 Å². The molecule has 0 aliphatic carbocycles.